The Labute approximate surface area is 109 Å². The Morgan fingerprint density at radius 2 is 1.89 bits per heavy atom. The maximum Gasteiger partial charge on any atom is 0.134 e. The molecule has 0 radical (unpaired) electrons. The van der Waals surface area contributed by atoms with Crippen LogP contribution in [0.15, 0.2) is 28.7 Å². The van der Waals surface area contributed by atoms with Crippen LogP contribution >= 0.6 is 0 Å². The van der Waals surface area contributed by atoms with Gasteiger partial charge in [0.05, 0.1) is 6.54 Å². The number of hydrogen-bond donors (Lipinski definition) is 2. The maximum atomic E-state index is 5.77. The summed E-state index contributed by atoms with van der Waals surface area (Å²) in [4.78, 5) is 0. The van der Waals surface area contributed by atoms with Gasteiger partial charge in [0.2, 0.25) is 0 Å². The third kappa shape index (κ3) is 3.59. The fraction of sp³-hybridized carbons (Fsp3) is 0.467. The minimum absolute atomic E-state index is 0.793. The zero-order chi connectivity index (χ0) is 12.8. The van der Waals surface area contributed by atoms with E-state index in [1.165, 1.54) is 17.4 Å². The van der Waals surface area contributed by atoms with Crippen molar-refractivity contribution in [2.75, 3.05) is 19.6 Å². The molecule has 0 aliphatic carbocycles. The highest BCUT2D eigenvalue weighted by atomic mass is 16.3. The molecule has 2 aromatic rings. The van der Waals surface area contributed by atoms with Gasteiger partial charge in [-0.05, 0) is 38.1 Å². The van der Waals surface area contributed by atoms with E-state index < -0.39 is 0 Å². The molecular weight excluding hydrogens is 224 g/mol. The summed E-state index contributed by atoms with van der Waals surface area (Å²) in [6, 6.07) is 8.40. The van der Waals surface area contributed by atoms with Crippen LogP contribution in [0.2, 0.25) is 0 Å². The minimum Gasteiger partial charge on any atom is -0.460 e. The van der Waals surface area contributed by atoms with Gasteiger partial charge in [0.25, 0.3) is 0 Å². The van der Waals surface area contributed by atoms with Crippen molar-refractivity contribution in [2.24, 2.45) is 0 Å². The first-order valence-electron chi connectivity index (χ1n) is 6.70. The van der Waals surface area contributed by atoms with Gasteiger partial charge in [0.15, 0.2) is 0 Å². The number of rotatable bonds is 7. The molecular formula is C15H22N2O. The molecule has 1 heterocycles. The molecule has 98 valence electrons. The fourth-order valence-corrected chi connectivity index (χ4v) is 2.00. The van der Waals surface area contributed by atoms with Crippen molar-refractivity contribution in [3.63, 3.8) is 0 Å². The van der Waals surface area contributed by atoms with Crippen molar-refractivity contribution >= 4 is 11.0 Å². The Morgan fingerprint density at radius 3 is 2.72 bits per heavy atom. The molecule has 0 unspecified atom stereocenters. The van der Waals surface area contributed by atoms with Gasteiger partial charge in [0, 0.05) is 18.5 Å². The smallest absolute Gasteiger partial charge is 0.134 e. The van der Waals surface area contributed by atoms with Crippen molar-refractivity contribution in [1.29, 1.82) is 0 Å². The SMILES string of the molecule is CCCNCCNCc1cc2cc(C)ccc2o1. The summed E-state index contributed by atoms with van der Waals surface area (Å²) in [5.41, 5.74) is 2.24. The Hall–Kier alpha value is -1.32. The van der Waals surface area contributed by atoms with Crippen LogP contribution in [0.3, 0.4) is 0 Å². The van der Waals surface area contributed by atoms with E-state index in [1.807, 2.05) is 6.07 Å². The van der Waals surface area contributed by atoms with E-state index in [0.29, 0.717) is 0 Å². The molecule has 0 fully saturated rings. The van der Waals surface area contributed by atoms with Crippen molar-refractivity contribution in [2.45, 2.75) is 26.8 Å². The second-order valence-corrected chi connectivity index (χ2v) is 4.68. The lowest BCUT2D eigenvalue weighted by atomic mass is 10.2. The van der Waals surface area contributed by atoms with E-state index in [1.54, 1.807) is 0 Å². The van der Waals surface area contributed by atoms with Crippen LogP contribution in [0.5, 0.6) is 0 Å². The van der Waals surface area contributed by atoms with Crippen LogP contribution in [0.4, 0.5) is 0 Å². The van der Waals surface area contributed by atoms with Crippen LogP contribution < -0.4 is 10.6 Å². The molecule has 0 amide bonds. The molecule has 2 N–H and O–H groups in total. The number of hydrogen-bond acceptors (Lipinski definition) is 3. The molecule has 0 bridgehead atoms. The maximum absolute atomic E-state index is 5.77. The second-order valence-electron chi connectivity index (χ2n) is 4.68. The fourth-order valence-electron chi connectivity index (χ4n) is 2.00. The molecule has 0 spiro atoms. The number of aryl methyl sites for hydroxylation is 1. The normalized spacial score (nSPS) is 11.2. The van der Waals surface area contributed by atoms with E-state index >= 15 is 0 Å². The topological polar surface area (TPSA) is 37.2 Å². The minimum atomic E-state index is 0.793. The van der Waals surface area contributed by atoms with Gasteiger partial charge in [-0.25, -0.2) is 0 Å². The Balaban J connectivity index is 1.81. The standard InChI is InChI=1S/C15H22N2O/c1-3-6-16-7-8-17-11-14-10-13-9-12(2)4-5-15(13)18-14/h4-5,9-10,16-17H,3,6-8,11H2,1-2H3. The molecule has 0 saturated carbocycles. The van der Waals surface area contributed by atoms with Gasteiger partial charge in [-0.1, -0.05) is 18.6 Å². The first-order valence-corrected chi connectivity index (χ1v) is 6.70. The highest BCUT2D eigenvalue weighted by Crippen LogP contribution is 2.20. The Morgan fingerprint density at radius 1 is 1.06 bits per heavy atom. The van der Waals surface area contributed by atoms with Gasteiger partial charge >= 0.3 is 0 Å². The van der Waals surface area contributed by atoms with E-state index in [-0.39, 0.29) is 0 Å². The third-order valence-electron chi connectivity index (χ3n) is 2.93. The first-order chi connectivity index (χ1) is 8.79. The predicted octanol–water partition coefficient (Wildman–Crippen LogP) is 2.83. The van der Waals surface area contributed by atoms with E-state index in [2.05, 4.69) is 42.7 Å². The van der Waals surface area contributed by atoms with Crippen LogP contribution in [0.1, 0.15) is 24.7 Å². The van der Waals surface area contributed by atoms with Gasteiger partial charge in [0.1, 0.15) is 11.3 Å². The van der Waals surface area contributed by atoms with Crippen LogP contribution in [-0.2, 0) is 6.54 Å². The van der Waals surface area contributed by atoms with Gasteiger partial charge in [-0.3, -0.25) is 0 Å². The molecule has 0 aliphatic heterocycles. The number of nitrogens with one attached hydrogen (secondary N) is 2. The molecule has 3 nitrogen and oxygen atoms in total. The van der Waals surface area contributed by atoms with Gasteiger partial charge in [-0.15, -0.1) is 0 Å². The summed E-state index contributed by atoms with van der Waals surface area (Å²) >= 11 is 0. The lowest BCUT2D eigenvalue weighted by molar-refractivity contribution is 0.508. The molecule has 0 atom stereocenters. The zero-order valence-electron chi connectivity index (χ0n) is 11.3. The summed E-state index contributed by atoms with van der Waals surface area (Å²) in [6.07, 6.45) is 1.18. The van der Waals surface area contributed by atoms with Gasteiger partial charge in [-0.2, -0.15) is 0 Å². The first kappa shape index (κ1) is 13.1. The highest BCUT2D eigenvalue weighted by Gasteiger charge is 2.02. The summed E-state index contributed by atoms with van der Waals surface area (Å²) in [5, 5.41) is 7.93. The zero-order valence-corrected chi connectivity index (χ0v) is 11.3. The summed E-state index contributed by atoms with van der Waals surface area (Å²) in [5.74, 6) is 1.01. The van der Waals surface area contributed by atoms with Crippen LogP contribution in [0, 0.1) is 6.92 Å². The van der Waals surface area contributed by atoms with E-state index in [0.717, 1.165) is 37.5 Å². The average molecular weight is 246 g/mol. The van der Waals surface area contributed by atoms with Crippen molar-refractivity contribution in [1.82, 2.24) is 10.6 Å². The van der Waals surface area contributed by atoms with Crippen LogP contribution in [-0.4, -0.2) is 19.6 Å². The second kappa shape index (κ2) is 6.57. The largest absolute Gasteiger partial charge is 0.460 e. The Kier molecular flexibility index (Phi) is 4.79. The highest BCUT2D eigenvalue weighted by molar-refractivity contribution is 5.78. The monoisotopic (exact) mass is 246 g/mol. The molecule has 1 aromatic heterocycles. The van der Waals surface area contributed by atoms with Crippen molar-refractivity contribution in [3.8, 4) is 0 Å². The average Bonchev–Trinajstić information content (AvgIpc) is 2.75. The predicted molar refractivity (Wildman–Crippen MR) is 75.8 cm³/mol. The summed E-state index contributed by atoms with van der Waals surface area (Å²) in [6.45, 7) is 8.14. The van der Waals surface area contributed by atoms with E-state index in [4.69, 9.17) is 4.42 Å². The molecule has 2 rings (SSSR count). The number of benzene rings is 1. The quantitative estimate of drug-likeness (QED) is 0.738. The van der Waals surface area contributed by atoms with Crippen LogP contribution in [0.25, 0.3) is 11.0 Å². The van der Waals surface area contributed by atoms with Crippen molar-refractivity contribution < 1.29 is 4.42 Å². The Bertz CT molecular complexity index is 490. The molecule has 0 saturated heterocycles. The van der Waals surface area contributed by atoms with Gasteiger partial charge < -0.3 is 15.1 Å². The molecule has 3 heteroatoms. The molecule has 18 heavy (non-hydrogen) atoms. The van der Waals surface area contributed by atoms with E-state index in [9.17, 15) is 0 Å². The van der Waals surface area contributed by atoms with Crippen molar-refractivity contribution in [3.05, 3.63) is 35.6 Å². The summed E-state index contributed by atoms with van der Waals surface area (Å²) in [7, 11) is 0. The lowest BCUT2D eigenvalue weighted by Crippen LogP contribution is -2.27. The lowest BCUT2D eigenvalue weighted by Gasteiger charge is -2.03. The third-order valence-corrected chi connectivity index (χ3v) is 2.93. The summed E-state index contributed by atoms with van der Waals surface area (Å²) < 4.78 is 5.77. The number of fused-ring (bicyclic) bond motifs is 1. The number of furan rings is 1. The molecule has 1 aromatic carbocycles. The molecule has 0 aliphatic rings.